The van der Waals surface area contributed by atoms with Crippen molar-refractivity contribution < 1.29 is 9.53 Å². The van der Waals surface area contributed by atoms with Gasteiger partial charge in [0.15, 0.2) is 0 Å². The lowest BCUT2D eigenvalue weighted by molar-refractivity contribution is -0.121. The molecule has 0 unspecified atom stereocenters. The number of hydrogen-bond acceptors (Lipinski definition) is 4. The zero-order valence-electron chi connectivity index (χ0n) is 10.1. The van der Waals surface area contributed by atoms with Crippen molar-refractivity contribution in [1.29, 1.82) is 0 Å². The highest BCUT2D eigenvalue weighted by atomic mass is 16.5. The normalized spacial score (nSPS) is 10.2. The maximum Gasteiger partial charge on any atom is 0.221 e. The van der Waals surface area contributed by atoms with Gasteiger partial charge in [0, 0.05) is 39.4 Å². The van der Waals surface area contributed by atoms with Gasteiger partial charge in [-0.1, -0.05) is 6.07 Å². The van der Waals surface area contributed by atoms with Crippen LogP contribution in [0.1, 0.15) is 12.1 Å². The minimum absolute atomic E-state index is 0.0376. The molecule has 0 saturated carbocycles. The maximum absolute atomic E-state index is 11.3. The number of carbonyl (C=O) groups excluding carboxylic acids is 1. The summed E-state index contributed by atoms with van der Waals surface area (Å²) in [7, 11) is 1.61. The lowest BCUT2D eigenvalue weighted by Gasteiger charge is -2.05. The maximum atomic E-state index is 11.3. The number of nitrogens with one attached hydrogen (secondary N) is 2. The highest BCUT2D eigenvalue weighted by Crippen LogP contribution is 1.91. The van der Waals surface area contributed by atoms with E-state index in [1.165, 1.54) is 0 Å². The van der Waals surface area contributed by atoms with Gasteiger partial charge in [0.25, 0.3) is 0 Å². The van der Waals surface area contributed by atoms with Gasteiger partial charge in [0.2, 0.25) is 5.91 Å². The van der Waals surface area contributed by atoms with Crippen molar-refractivity contribution in [3.63, 3.8) is 0 Å². The molecule has 0 atom stereocenters. The first-order valence-electron chi connectivity index (χ1n) is 5.69. The molecular weight excluding hydrogens is 218 g/mol. The highest BCUT2D eigenvalue weighted by molar-refractivity contribution is 5.75. The largest absolute Gasteiger partial charge is 0.383 e. The summed E-state index contributed by atoms with van der Waals surface area (Å²) in [6, 6.07) is 5.78. The van der Waals surface area contributed by atoms with Crippen molar-refractivity contribution in [1.82, 2.24) is 15.6 Å². The molecule has 5 nitrogen and oxygen atoms in total. The molecule has 1 amide bonds. The standard InChI is InChI=1S/C12H19N3O2/c1-17-9-8-15-12(16)5-7-13-10-11-4-2-3-6-14-11/h2-4,6,13H,5,7-10H2,1H3,(H,15,16). The van der Waals surface area contributed by atoms with E-state index in [-0.39, 0.29) is 5.91 Å². The molecule has 0 spiro atoms. The third-order valence-corrected chi connectivity index (χ3v) is 2.19. The van der Waals surface area contributed by atoms with Gasteiger partial charge in [0.05, 0.1) is 12.3 Å². The molecule has 0 aliphatic rings. The molecule has 0 aliphatic heterocycles. The number of ether oxygens (including phenoxy) is 1. The predicted octanol–water partition coefficient (Wildman–Crippen LogP) is 0.324. The first-order valence-corrected chi connectivity index (χ1v) is 5.69. The number of methoxy groups -OCH3 is 1. The fourth-order valence-corrected chi connectivity index (χ4v) is 1.30. The third kappa shape index (κ3) is 6.65. The van der Waals surface area contributed by atoms with Crippen molar-refractivity contribution in [2.45, 2.75) is 13.0 Å². The van der Waals surface area contributed by atoms with E-state index in [2.05, 4.69) is 15.6 Å². The summed E-state index contributed by atoms with van der Waals surface area (Å²) in [5.74, 6) is 0.0376. The van der Waals surface area contributed by atoms with Crippen LogP contribution in [0.4, 0.5) is 0 Å². The topological polar surface area (TPSA) is 63.2 Å². The summed E-state index contributed by atoms with van der Waals surface area (Å²) in [5.41, 5.74) is 0.979. The Hall–Kier alpha value is -1.46. The van der Waals surface area contributed by atoms with Crippen LogP contribution in [0.3, 0.4) is 0 Å². The molecule has 2 N–H and O–H groups in total. The molecular formula is C12H19N3O2. The zero-order valence-corrected chi connectivity index (χ0v) is 10.1. The second-order valence-corrected chi connectivity index (χ2v) is 3.59. The van der Waals surface area contributed by atoms with Crippen LogP contribution in [-0.4, -0.2) is 37.7 Å². The van der Waals surface area contributed by atoms with Gasteiger partial charge < -0.3 is 15.4 Å². The van der Waals surface area contributed by atoms with E-state index >= 15 is 0 Å². The molecule has 17 heavy (non-hydrogen) atoms. The predicted molar refractivity (Wildman–Crippen MR) is 65.4 cm³/mol. The molecule has 1 aromatic heterocycles. The SMILES string of the molecule is COCCNC(=O)CCNCc1ccccn1. The van der Waals surface area contributed by atoms with Crippen LogP contribution in [-0.2, 0) is 16.1 Å². The van der Waals surface area contributed by atoms with E-state index in [1.54, 1.807) is 13.3 Å². The van der Waals surface area contributed by atoms with Crippen LogP contribution in [0.2, 0.25) is 0 Å². The lowest BCUT2D eigenvalue weighted by Crippen LogP contribution is -2.30. The molecule has 5 heteroatoms. The van der Waals surface area contributed by atoms with Gasteiger partial charge in [-0.3, -0.25) is 9.78 Å². The molecule has 1 aromatic rings. The highest BCUT2D eigenvalue weighted by Gasteiger charge is 1.99. The van der Waals surface area contributed by atoms with Crippen LogP contribution in [0.5, 0.6) is 0 Å². The lowest BCUT2D eigenvalue weighted by atomic mass is 10.3. The number of rotatable bonds is 8. The smallest absolute Gasteiger partial charge is 0.221 e. The molecule has 0 fully saturated rings. The molecule has 0 aromatic carbocycles. The summed E-state index contributed by atoms with van der Waals surface area (Å²) in [6.45, 7) is 2.45. The van der Waals surface area contributed by atoms with E-state index in [9.17, 15) is 4.79 Å². The van der Waals surface area contributed by atoms with Gasteiger partial charge in [-0.15, -0.1) is 0 Å². The molecule has 0 aliphatic carbocycles. The fourth-order valence-electron chi connectivity index (χ4n) is 1.30. The van der Waals surface area contributed by atoms with Gasteiger partial charge >= 0.3 is 0 Å². The van der Waals surface area contributed by atoms with Crippen molar-refractivity contribution >= 4 is 5.91 Å². The van der Waals surface area contributed by atoms with Crippen molar-refractivity contribution in [3.05, 3.63) is 30.1 Å². The molecule has 0 radical (unpaired) electrons. The van der Waals surface area contributed by atoms with Crippen molar-refractivity contribution in [2.24, 2.45) is 0 Å². The Balaban J connectivity index is 2.02. The average molecular weight is 237 g/mol. The van der Waals surface area contributed by atoms with Gasteiger partial charge in [0.1, 0.15) is 0 Å². The molecule has 94 valence electrons. The second kappa shape index (κ2) is 8.66. The Morgan fingerprint density at radius 2 is 2.29 bits per heavy atom. The van der Waals surface area contributed by atoms with Gasteiger partial charge in [-0.2, -0.15) is 0 Å². The van der Waals surface area contributed by atoms with E-state index in [4.69, 9.17) is 4.74 Å². The Bertz CT molecular complexity index is 317. The number of amides is 1. The Morgan fingerprint density at radius 3 is 3.00 bits per heavy atom. The molecule has 0 saturated heterocycles. The Kier molecular flexibility index (Phi) is 6.93. The van der Waals surface area contributed by atoms with Crippen LogP contribution in [0, 0.1) is 0 Å². The van der Waals surface area contributed by atoms with Gasteiger partial charge in [-0.05, 0) is 12.1 Å². The quantitative estimate of drug-likeness (QED) is 0.639. The first-order chi connectivity index (χ1) is 8.33. The van der Waals surface area contributed by atoms with Crippen molar-refractivity contribution in [3.8, 4) is 0 Å². The van der Waals surface area contributed by atoms with E-state index < -0.39 is 0 Å². The fraction of sp³-hybridized carbons (Fsp3) is 0.500. The first kappa shape index (κ1) is 13.6. The van der Waals surface area contributed by atoms with Crippen LogP contribution in [0.15, 0.2) is 24.4 Å². The number of hydrogen-bond donors (Lipinski definition) is 2. The second-order valence-electron chi connectivity index (χ2n) is 3.59. The zero-order chi connectivity index (χ0) is 12.3. The summed E-state index contributed by atoms with van der Waals surface area (Å²) >= 11 is 0. The van der Waals surface area contributed by atoms with E-state index in [1.807, 2.05) is 18.2 Å². The van der Waals surface area contributed by atoms with Gasteiger partial charge in [-0.25, -0.2) is 0 Å². The van der Waals surface area contributed by atoms with Crippen LogP contribution in [0.25, 0.3) is 0 Å². The van der Waals surface area contributed by atoms with E-state index in [0.29, 0.717) is 32.7 Å². The molecule has 0 bridgehead atoms. The average Bonchev–Trinajstić information content (AvgIpc) is 2.36. The number of nitrogens with zero attached hydrogens (tertiary/aromatic N) is 1. The summed E-state index contributed by atoms with van der Waals surface area (Å²) in [5, 5.41) is 5.93. The number of pyridine rings is 1. The summed E-state index contributed by atoms with van der Waals surface area (Å²) in [6.07, 6.45) is 2.23. The van der Waals surface area contributed by atoms with Crippen LogP contribution >= 0.6 is 0 Å². The number of carbonyl (C=O) groups is 1. The van der Waals surface area contributed by atoms with E-state index in [0.717, 1.165) is 5.69 Å². The molecule has 1 heterocycles. The summed E-state index contributed by atoms with van der Waals surface area (Å²) < 4.78 is 4.84. The summed E-state index contributed by atoms with van der Waals surface area (Å²) in [4.78, 5) is 15.5. The Labute approximate surface area is 102 Å². The minimum Gasteiger partial charge on any atom is -0.383 e. The van der Waals surface area contributed by atoms with Crippen LogP contribution < -0.4 is 10.6 Å². The third-order valence-electron chi connectivity index (χ3n) is 2.19. The minimum atomic E-state index is 0.0376. The molecule has 1 rings (SSSR count). The van der Waals surface area contributed by atoms with Crippen molar-refractivity contribution in [2.75, 3.05) is 26.8 Å². The Morgan fingerprint density at radius 1 is 1.41 bits per heavy atom. The number of aromatic nitrogens is 1. The monoisotopic (exact) mass is 237 g/mol.